The van der Waals surface area contributed by atoms with E-state index in [2.05, 4.69) is 10.3 Å². The van der Waals surface area contributed by atoms with Gasteiger partial charge in [-0.2, -0.15) is 0 Å². The maximum atomic E-state index is 13.3. The molecule has 0 radical (unpaired) electrons. The highest BCUT2D eigenvalue weighted by molar-refractivity contribution is 7.14. The Morgan fingerprint density at radius 2 is 1.92 bits per heavy atom. The lowest BCUT2D eigenvalue weighted by molar-refractivity contribution is -0.890. The number of benzene rings is 1. The monoisotopic (exact) mass is 352 g/mol. The van der Waals surface area contributed by atoms with Gasteiger partial charge < -0.3 is 4.90 Å². The molecule has 4 nitrogen and oxygen atoms in total. The van der Waals surface area contributed by atoms with Gasteiger partial charge in [0.2, 0.25) is 0 Å². The van der Waals surface area contributed by atoms with E-state index in [4.69, 9.17) is 0 Å². The van der Waals surface area contributed by atoms with Crippen LogP contribution in [-0.2, 0) is 4.79 Å². The molecule has 0 spiro atoms. The van der Waals surface area contributed by atoms with Crippen molar-refractivity contribution in [2.24, 2.45) is 0 Å². The zero-order chi connectivity index (χ0) is 16.9. The summed E-state index contributed by atoms with van der Waals surface area (Å²) >= 11 is 1.28. The summed E-state index contributed by atoms with van der Waals surface area (Å²) in [5, 5.41) is 5.01. The van der Waals surface area contributed by atoms with Crippen LogP contribution in [-0.4, -0.2) is 30.5 Å². The number of carbonyl (C=O) groups excluding carboxylic acids is 1. The number of likely N-dealkylation sites (tertiary alicyclic amines) is 1. The molecule has 0 saturated carbocycles. The fourth-order valence-electron chi connectivity index (χ4n) is 2.92. The summed E-state index contributed by atoms with van der Waals surface area (Å²) in [4.78, 5) is 17.8. The van der Waals surface area contributed by atoms with Gasteiger partial charge in [-0.05, 0) is 43.9 Å². The van der Waals surface area contributed by atoms with E-state index >= 15 is 0 Å². The highest BCUT2D eigenvalue weighted by atomic mass is 32.1. The third kappa shape index (κ3) is 4.36. The topological polar surface area (TPSA) is 46.4 Å². The van der Waals surface area contributed by atoms with Crippen molar-refractivity contribution >= 4 is 22.4 Å². The van der Waals surface area contributed by atoms with Crippen LogP contribution in [0.5, 0.6) is 0 Å². The highest BCUT2D eigenvalue weighted by Crippen LogP contribution is 2.25. The average Bonchev–Trinajstić information content (AvgIpc) is 2.86. The first kappa shape index (κ1) is 17.0. The van der Waals surface area contributed by atoms with Gasteiger partial charge in [-0.1, -0.05) is 0 Å². The largest absolute Gasteiger partial charge is 0.327 e. The lowest BCUT2D eigenvalue weighted by Crippen LogP contribution is -3.12. The van der Waals surface area contributed by atoms with Crippen LogP contribution >= 0.6 is 11.3 Å². The molecule has 1 aromatic carbocycles. The van der Waals surface area contributed by atoms with Crippen LogP contribution in [0.3, 0.4) is 0 Å². The van der Waals surface area contributed by atoms with Crippen molar-refractivity contribution in [3.8, 4) is 11.3 Å². The molecule has 1 fully saturated rings. The molecule has 1 amide bonds. The second-order valence-electron chi connectivity index (χ2n) is 6.06. The average molecular weight is 352 g/mol. The molecule has 3 rings (SSSR count). The summed E-state index contributed by atoms with van der Waals surface area (Å²) in [6.45, 7) is 2.51. The molecule has 0 atom stereocenters. The molecule has 128 valence electrons. The number of thiazole rings is 1. The fourth-order valence-corrected chi connectivity index (χ4v) is 3.65. The van der Waals surface area contributed by atoms with Gasteiger partial charge in [0.1, 0.15) is 0 Å². The minimum atomic E-state index is -0.907. The predicted octanol–water partition coefficient (Wildman–Crippen LogP) is 2.49. The van der Waals surface area contributed by atoms with Crippen LogP contribution in [0.2, 0.25) is 0 Å². The molecule has 0 aliphatic carbocycles. The number of carbonyl (C=O) groups is 1. The molecule has 2 heterocycles. The normalized spacial score (nSPS) is 15.9. The van der Waals surface area contributed by atoms with Gasteiger partial charge in [-0.15, -0.1) is 11.3 Å². The van der Waals surface area contributed by atoms with Crippen LogP contribution in [0.1, 0.15) is 25.7 Å². The molecule has 0 unspecified atom stereocenters. The van der Waals surface area contributed by atoms with Crippen LogP contribution in [0.15, 0.2) is 23.6 Å². The fraction of sp³-hybridized carbons (Fsp3) is 0.412. The third-order valence-electron chi connectivity index (χ3n) is 4.19. The van der Waals surface area contributed by atoms with E-state index in [9.17, 15) is 13.6 Å². The zero-order valence-corrected chi connectivity index (χ0v) is 14.1. The number of nitrogens with one attached hydrogen (secondary N) is 2. The Labute approximate surface area is 143 Å². The summed E-state index contributed by atoms with van der Waals surface area (Å²) < 4.78 is 26.3. The van der Waals surface area contributed by atoms with Crippen molar-refractivity contribution in [3.63, 3.8) is 0 Å². The number of hydrogen-bond donors (Lipinski definition) is 2. The number of rotatable bonds is 4. The van der Waals surface area contributed by atoms with Gasteiger partial charge in [0, 0.05) is 10.9 Å². The van der Waals surface area contributed by atoms with E-state index in [1.807, 2.05) is 0 Å². The summed E-state index contributed by atoms with van der Waals surface area (Å²) in [7, 11) is 0. The maximum Gasteiger partial charge on any atom is 0.281 e. The van der Waals surface area contributed by atoms with Gasteiger partial charge in [0.05, 0.1) is 18.8 Å². The van der Waals surface area contributed by atoms with Gasteiger partial charge in [0.15, 0.2) is 23.3 Å². The Morgan fingerprint density at radius 3 is 2.62 bits per heavy atom. The first-order chi connectivity index (χ1) is 11.6. The van der Waals surface area contributed by atoms with E-state index < -0.39 is 11.6 Å². The number of aromatic nitrogens is 1. The highest BCUT2D eigenvalue weighted by Gasteiger charge is 2.17. The van der Waals surface area contributed by atoms with Gasteiger partial charge in [0.25, 0.3) is 5.91 Å². The van der Waals surface area contributed by atoms with E-state index in [1.165, 1.54) is 48.0 Å². The van der Waals surface area contributed by atoms with Crippen LogP contribution in [0, 0.1) is 11.6 Å². The Bertz CT molecular complexity index is 712. The van der Waals surface area contributed by atoms with Crippen LogP contribution < -0.4 is 10.2 Å². The molecule has 0 bridgehead atoms. The maximum absolute atomic E-state index is 13.3. The molecule has 1 aliphatic rings. The number of anilines is 1. The summed E-state index contributed by atoms with van der Waals surface area (Å²) in [5.74, 6) is -1.85. The molecule has 1 aromatic heterocycles. The molecule has 2 aromatic rings. The number of amides is 1. The predicted molar refractivity (Wildman–Crippen MR) is 90.1 cm³/mol. The molecule has 7 heteroatoms. The Hall–Kier alpha value is -1.86. The van der Waals surface area contributed by atoms with Crippen molar-refractivity contribution in [1.82, 2.24) is 4.98 Å². The summed E-state index contributed by atoms with van der Waals surface area (Å²) in [6.07, 6.45) is 4.82. The minimum absolute atomic E-state index is 0.0573. The third-order valence-corrected chi connectivity index (χ3v) is 4.94. The molecule has 1 aliphatic heterocycles. The van der Waals surface area contributed by atoms with Crippen molar-refractivity contribution in [2.75, 3.05) is 25.0 Å². The number of hydrogen-bond acceptors (Lipinski definition) is 3. The Kier molecular flexibility index (Phi) is 5.52. The second kappa shape index (κ2) is 7.81. The Morgan fingerprint density at radius 1 is 1.17 bits per heavy atom. The zero-order valence-electron chi connectivity index (χ0n) is 13.3. The number of halogens is 2. The first-order valence-electron chi connectivity index (χ1n) is 8.16. The second-order valence-corrected chi connectivity index (χ2v) is 6.91. The lowest BCUT2D eigenvalue weighted by atomic mass is 10.2. The van der Waals surface area contributed by atoms with E-state index in [1.54, 1.807) is 5.38 Å². The summed E-state index contributed by atoms with van der Waals surface area (Å²) in [6, 6.07) is 3.66. The quantitative estimate of drug-likeness (QED) is 0.888. The molecular formula is C17H20F2N3OS+. The molecule has 24 heavy (non-hydrogen) atoms. The van der Waals surface area contributed by atoms with Crippen molar-refractivity contribution < 1.29 is 18.5 Å². The molecule has 1 saturated heterocycles. The van der Waals surface area contributed by atoms with Gasteiger partial charge in [-0.25, -0.2) is 13.8 Å². The van der Waals surface area contributed by atoms with Gasteiger partial charge >= 0.3 is 0 Å². The Balaban J connectivity index is 1.60. The standard InChI is InChI=1S/C17H19F2N3OS/c18-13-6-5-12(9-14(13)19)15-11-24-17(20-15)21-16(23)10-22-7-3-1-2-4-8-22/h5-6,9,11H,1-4,7-8,10H2,(H,20,21,23)/p+1. The van der Waals surface area contributed by atoms with Crippen LogP contribution in [0.25, 0.3) is 11.3 Å². The SMILES string of the molecule is O=C(C[NH+]1CCCCCC1)Nc1nc(-c2ccc(F)c(F)c2)cs1. The molecule has 2 N–H and O–H groups in total. The smallest absolute Gasteiger partial charge is 0.281 e. The molecular weight excluding hydrogens is 332 g/mol. The van der Waals surface area contributed by atoms with E-state index in [0.717, 1.165) is 25.2 Å². The number of nitrogens with zero attached hydrogens (tertiary/aromatic N) is 1. The van der Waals surface area contributed by atoms with Gasteiger partial charge in [-0.3, -0.25) is 10.1 Å². The van der Waals surface area contributed by atoms with E-state index in [-0.39, 0.29) is 5.91 Å². The minimum Gasteiger partial charge on any atom is -0.327 e. The first-order valence-corrected chi connectivity index (χ1v) is 9.04. The van der Waals surface area contributed by atoms with E-state index in [0.29, 0.717) is 22.9 Å². The van der Waals surface area contributed by atoms with Crippen LogP contribution in [0.4, 0.5) is 13.9 Å². The number of quaternary nitrogens is 1. The van der Waals surface area contributed by atoms with Crippen molar-refractivity contribution in [3.05, 3.63) is 35.2 Å². The van der Waals surface area contributed by atoms with Crippen molar-refractivity contribution in [2.45, 2.75) is 25.7 Å². The van der Waals surface area contributed by atoms with Crippen molar-refractivity contribution in [1.29, 1.82) is 0 Å². The summed E-state index contributed by atoms with van der Waals surface area (Å²) in [5.41, 5.74) is 1.01. The lowest BCUT2D eigenvalue weighted by Gasteiger charge is -2.15.